The average molecular weight is 501 g/mol. The molecule has 2 aliphatic heterocycles. The van der Waals surface area contributed by atoms with Crippen LogP contribution in [0.15, 0.2) is 29.3 Å². The maximum absolute atomic E-state index is 5.35. The van der Waals surface area contributed by atoms with Crippen LogP contribution in [0.25, 0.3) is 0 Å². The van der Waals surface area contributed by atoms with Crippen LogP contribution in [-0.4, -0.2) is 82.8 Å². The number of hydrogen-bond acceptors (Lipinski definition) is 4. The lowest BCUT2D eigenvalue weighted by Crippen LogP contribution is -2.52. The fraction of sp³-hybridized carbons (Fsp3) is 0.667. The molecule has 2 aliphatic rings. The highest BCUT2D eigenvalue weighted by molar-refractivity contribution is 14.0. The number of anilines is 1. The fourth-order valence-corrected chi connectivity index (χ4v) is 4.05. The molecule has 158 valence electrons. The molecule has 28 heavy (non-hydrogen) atoms. The van der Waals surface area contributed by atoms with Crippen LogP contribution < -0.4 is 15.0 Å². The Morgan fingerprint density at radius 3 is 2.50 bits per heavy atom. The zero-order valence-corrected chi connectivity index (χ0v) is 19.9. The predicted octanol–water partition coefficient (Wildman–Crippen LogP) is 2.74. The molecule has 1 aromatic carbocycles. The molecule has 2 saturated heterocycles. The Morgan fingerprint density at radius 1 is 1.14 bits per heavy atom. The zero-order valence-electron chi connectivity index (χ0n) is 17.6. The first-order valence-corrected chi connectivity index (χ1v) is 10.2. The molecule has 0 radical (unpaired) electrons. The van der Waals surface area contributed by atoms with Gasteiger partial charge in [-0.05, 0) is 57.5 Å². The van der Waals surface area contributed by atoms with Gasteiger partial charge in [-0.2, -0.15) is 0 Å². The lowest BCUT2D eigenvalue weighted by Gasteiger charge is -2.38. The molecular weight excluding hydrogens is 465 g/mol. The first-order chi connectivity index (χ1) is 13.2. The van der Waals surface area contributed by atoms with Gasteiger partial charge in [0.2, 0.25) is 0 Å². The van der Waals surface area contributed by atoms with Gasteiger partial charge in [0.1, 0.15) is 5.75 Å². The Morgan fingerprint density at radius 2 is 1.86 bits per heavy atom. The highest BCUT2D eigenvalue weighted by Crippen LogP contribution is 2.22. The second-order valence-corrected chi connectivity index (χ2v) is 7.68. The number of methoxy groups -OCH3 is 1. The van der Waals surface area contributed by atoms with E-state index in [0.717, 1.165) is 50.4 Å². The van der Waals surface area contributed by atoms with Crippen LogP contribution in [0.4, 0.5) is 5.69 Å². The molecule has 0 aliphatic carbocycles. The molecule has 0 bridgehead atoms. The minimum Gasteiger partial charge on any atom is -0.497 e. The third-order valence-corrected chi connectivity index (χ3v) is 5.88. The first kappa shape index (κ1) is 23.1. The van der Waals surface area contributed by atoms with Gasteiger partial charge in [-0.25, -0.2) is 0 Å². The predicted molar refractivity (Wildman–Crippen MR) is 128 cm³/mol. The summed E-state index contributed by atoms with van der Waals surface area (Å²) in [4.78, 5) is 11.8. The van der Waals surface area contributed by atoms with E-state index in [-0.39, 0.29) is 24.0 Å². The summed E-state index contributed by atoms with van der Waals surface area (Å²) in [6.07, 6.45) is 3.91. The Labute approximate surface area is 187 Å². The van der Waals surface area contributed by atoms with Crippen LogP contribution in [-0.2, 0) is 0 Å². The molecule has 0 unspecified atom stereocenters. The summed E-state index contributed by atoms with van der Waals surface area (Å²) in [5.74, 6) is 2.83. The Hall–Kier alpha value is -1.22. The third kappa shape index (κ3) is 6.40. The van der Waals surface area contributed by atoms with Gasteiger partial charge in [0.25, 0.3) is 0 Å². The normalized spacial score (nSPS) is 19.3. The van der Waals surface area contributed by atoms with Crippen molar-refractivity contribution in [1.29, 1.82) is 0 Å². The van der Waals surface area contributed by atoms with Gasteiger partial charge in [0.15, 0.2) is 5.96 Å². The van der Waals surface area contributed by atoms with E-state index in [9.17, 15) is 0 Å². The molecular formula is C21H36IN5O. The van der Waals surface area contributed by atoms with Crippen molar-refractivity contribution >= 4 is 35.6 Å². The van der Waals surface area contributed by atoms with Crippen molar-refractivity contribution in [2.45, 2.75) is 19.3 Å². The molecule has 0 aromatic heterocycles. The number of piperidine rings is 1. The lowest BCUT2D eigenvalue weighted by molar-refractivity contribution is 0.212. The molecule has 7 heteroatoms. The second kappa shape index (κ2) is 11.7. The third-order valence-electron chi connectivity index (χ3n) is 5.88. The Kier molecular flexibility index (Phi) is 9.64. The summed E-state index contributed by atoms with van der Waals surface area (Å²) in [5, 5.41) is 3.59. The average Bonchev–Trinajstić information content (AvgIpc) is 2.73. The number of nitrogens with one attached hydrogen (secondary N) is 1. The van der Waals surface area contributed by atoms with Crippen LogP contribution in [0.2, 0.25) is 0 Å². The largest absolute Gasteiger partial charge is 0.497 e. The number of likely N-dealkylation sites (tertiary alicyclic amines) is 1. The summed E-state index contributed by atoms with van der Waals surface area (Å²) >= 11 is 0. The van der Waals surface area contributed by atoms with Crippen LogP contribution in [0.3, 0.4) is 0 Å². The molecule has 2 heterocycles. The van der Waals surface area contributed by atoms with Crippen LogP contribution >= 0.6 is 24.0 Å². The van der Waals surface area contributed by atoms with Crippen molar-refractivity contribution in [3.63, 3.8) is 0 Å². The van der Waals surface area contributed by atoms with E-state index in [0.29, 0.717) is 0 Å². The van der Waals surface area contributed by atoms with Gasteiger partial charge in [0, 0.05) is 51.5 Å². The smallest absolute Gasteiger partial charge is 0.193 e. The van der Waals surface area contributed by atoms with E-state index in [1.54, 1.807) is 7.11 Å². The molecule has 2 fully saturated rings. The van der Waals surface area contributed by atoms with Gasteiger partial charge < -0.3 is 24.8 Å². The number of benzene rings is 1. The minimum absolute atomic E-state index is 0. The van der Waals surface area contributed by atoms with E-state index in [1.165, 1.54) is 38.0 Å². The van der Waals surface area contributed by atoms with E-state index in [4.69, 9.17) is 4.74 Å². The Bertz CT molecular complexity index is 611. The lowest BCUT2D eigenvalue weighted by atomic mass is 9.94. The van der Waals surface area contributed by atoms with E-state index < -0.39 is 0 Å². The maximum atomic E-state index is 5.35. The molecule has 1 aromatic rings. The van der Waals surface area contributed by atoms with Crippen molar-refractivity contribution in [2.24, 2.45) is 10.9 Å². The summed E-state index contributed by atoms with van der Waals surface area (Å²) in [5.41, 5.74) is 1.24. The molecule has 6 nitrogen and oxygen atoms in total. The number of aliphatic imine (C=N–C) groups is 1. The van der Waals surface area contributed by atoms with Gasteiger partial charge in [-0.15, -0.1) is 24.0 Å². The van der Waals surface area contributed by atoms with Crippen molar-refractivity contribution < 1.29 is 4.74 Å². The Balaban J connectivity index is 0.00000280. The highest BCUT2D eigenvalue weighted by atomic mass is 127. The summed E-state index contributed by atoms with van der Waals surface area (Å²) in [7, 11) is 5.84. The monoisotopic (exact) mass is 501 g/mol. The number of halogens is 1. The number of guanidine groups is 1. The molecule has 3 rings (SSSR count). The molecule has 0 amide bonds. The van der Waals surface area contributed by atoms with E-state index in [2.05, 4.69) is 50.3 Å². The van der Waals surface area contributed by atoms with Crippen molar-refractivity contribution in [1.82, 2.24) is 15.1 Å². The van der Waals surface area contributed by atoms with Gasteiger partial charge in [-0.1, -0.05) is 6.07 Å². The number of nitrogens with zero attached hydrogens (tertiary/aromatic N) is 4. The van der Waals surface area contributed by atoms with Crippen molar-refractivity contribution in [3.05, 3.63) is 24.3 Å². The standard InChI is InChI=1S/C21H35N5O.HI/c1-22-21(23-10-7-18-8-11-24(2)12-9-18)26-15-13-25(14-16-26)19-5-4-6-20(17-19)27-3;/h4-6,17-18H,7-16H2,1-3H3,(H,22,23);1H. The van der Waals surface area contributed by atoms with Crippen LogP contribution in [0, 0.1) is 5.92 Å². The number of ether oxygens (including phenoxy) is 1. The second-order valence-electron chi connectivity index (χ2n) is 7.68. The van der Waals surface area contributed by atoms with Gasteiger partial charge in [-0.3, -0.25) is 4.99 Å². The summed E-state index contributed by atoms with van der Waals surface area (Å²) in [6.45, 7) is 7.50. The van der Waals surface area contributed by atoms with Crippen LogP contribution in [0.1, 0.15) is 19.3 Å². The molecule has 1 N–H and O–H groups in total. The van der Waals surface area contributed by atoms with Gasteiger partial charge >= 0.3 is 0 Å². The van der Waals surface area contributed by atoms with E-state index in [1.807, 2.05) is 13.1 Å². The van der Waals surface area contributed by atoms with Crippen molar-refractivity contribution in [3.8, 4) is 5.75 Å². The summed E-state index contributed by atoms with van der Waals surface area (Å²) in [6, 6.07) is 8.33. The topological polar surface area (TPSA) is 43.3 Å². The number of hydrogen-bond donors (Lipinski definition) is 1. The zero-order chi connectivity index (χ0) is 19.1. The summed E-state index contributed by atoms with van der Waals surface area (Å²) < 4.78 is 5.35. The molecule has 0 saturated carbocycles. The fourth-order valence-electron chi connectivity index (χ4n) is 4.05. The minimum atomic E-state index is 0. The molecule has 0 atom stereocenters. The highest BCUT2D eigenvalue weighted by Gasteiger charge is 2.21. The van der Waals surface area contributed by atoms with E-state index >= 15 is 0 Å². The van der Waals surface area contributed by atoms with Crippen LogP contribution in [0.5, 0.6) is 5.75 Å². The van der Waals surface area contributed by atoms with Crippen molar-refractivity contribution in [2.75, 3.05) is 71.9 Å². The maximum Gasteiger partial charge on any atom is 0.193 e. The molecule has 0 spiro atoms. The first-order valence-electron chi connectivity index (χ1n) is 10.2. The quantitative estimate of drug-likeness (QED) is 0.382. The number of rotatable bonds is 5. The SMILES string of the molecule is CN=C(NCCC1CCN(C)CC1)N1CCN(c2cccc(OC)c2)CC1.I. The number of piperazine rings is 1. The van der Waals surface area contributed by atoms with Gasteiger partial charge in [0.05, 0.1) is 7.11 Å².